The van der Waals surface area contributed by atoms with Gasteiger partial charge in [0.15, 0.2) is 0 Å². The van der Waals surface area contributed by atoms with E-state index in [0.717, 1.165) is 37.7 Å². The minimum atomic E-state index is -0.904. The first-order valence-electron chi connectivity index (χ1n) is 23.0. The lowest BCUT2D eigenvalue weighted by Crippen LogP contribution is -2.60. The van der Waals surface area contributed by atoms with Gasteiger partial charge in [-0.25, -0.2) is 0 Å². The van der Waals surface area contributed by atoms with E-state index in [2.05, 4.69) is 36.6 Å². The van der Waals surface area contributed by atoms with Crippen LogP contribution in [0.3, 0.4) is 0 Å². The first-order chi connectivity index (χ1) is 28.7. The van der Waals surface area contributed by atoms with E-state index in [4.69, 9.17) is 9.47 Å². The quantitative estimate of drug-likeness (QED) is 0.101. The second-order valence-corrected chi connectivity index (χ2v) is 18.3. The van der Waals surface area contributed by atoms with Crippen molar-refractivity contribution in [1.29, 1.82) is 0 Å². The van der Waals surface area contributed by atoms with E-state index < -0.39 is 54.3 Å². The predicted molar refractivity (Wildman–Crippen MR) is 242 cm³/mol. The van der Waals surface area contributed by atoms with Gasteiger partial charge in [0.05, 0.1) is 48.8 Å². The van der Waals surface area contributed by atoms with Gasteiger partial charge in [-0.3, -0.25) is 24.0 Å². The number of hydrogen-bond donors (Lipinski definition) is 3. The molecule has 10 atom stereocenters. The fourth-order valence-corrected chi connectivity index (χ4v) is 9.26. The van der Waals surface area contributed by atoms with E-state index in [1.807, 2.05) is 53.7 Å². The molecule has 1 aliphatic rings. The summed E-state index contributed by atoms with van der Waals surface area (Å²) in [6.45, 7) is 21.4. The third-order valence-electron chi connectivity index (χ3n) is 13.2. The average Bonchev–Trinajstić information content (AvgIpc) is 3.71. The summed E-state index contributed by atoms with van der Waals surface area (Å²) in [7, 11) is 6.39. The molecule has 1 aliphatic heterocycles. The van der Waals surface area contributed by atoms with Crippen molar-refractivity contribution in [2.45, 2.75) is 182 Å². The summed E-state index contributed by atoms with van der Waals surface area (Å²) in [4.78, 5) is 73.1. The van der Waals surface area contributed by atoms with Gasteiger partial charge in [0.2, 0.25) is 29.5 Å². The lowest BCUT2D eigenvalue weighted by molar-refractivity contribution is -0.148. The number of benzene rings is 1. The topological polar surface area (TPSA) is 158 Å². The maximum atomic E-state index is 14.3. The van der Waals surface area contributed by atoms with Crippen LogP contribution in [0, 0.1) is 23.7 Å². The first-order valence-corrected chi connectivity index (χ1v) is 23.0. The van der Waals surface area contributed by atoms with Gasteiger partial charge in [0.25, 0.3) is 0 Å². The molecule has 1 aromatic rings. The summed E-state index contributed by atoms with van der Waals surface area (Å²) in [5, 5.41) is 17.2. The van der Waals surface area contributed by atoms with Gasteiger partial charge in [-0.05, 0) is 67.4 Å². The Hall–Kier alpha value is -3.55. The normalized spacial score (nSPS) is 18.8. The van der Waals surface area contributed by atoms with Crippen molar-refractivity contribution in [3.05, 3.63) is 35.4 Å². The SMILES string of the molecule is CCCC(CCC)c1ccc([C@H](O)[C@@H](C)NC(=O)[C@H](C)[C@@H](OC)[C@@H]2CCCN2C(=O)C[C@@H](OC)C([C@@H](C)CC)N(C)C(=O)[C@@H](NC(=O)[C@H](C(C)C)N(C)C(C)=O)C(C)C)cc1. The van der Waals surface area contributed by atoms with Crippen LogP contribution < -0.4 is 10.6 Å². The highest BCUT2D eigenvalue weighted by molar-refractivity contribution is 5.92. The number of rotatable bonds is 25. The molecule has 0 aliphatic carbocycles. The first kappa shape index (κ1) is 53.6. The van der Waals surface area contributed by atoms with Gasteiger partial charge in [0.1, 0.15) is 12.1 Å². The molecule has 1 unspecified atom stereocenters. The number of hydrogen-bond acceptors (Lipinski definition) is 8. The molecule has 2 rings (SSSR count). The molecule has 5 amide bonds. The van der Waals surface area contributed by atoms with E-state index in [1.54, 1.807) is 52.0 Å². The van der Waals surface area contributed by atoms with Gasteiger partial charge in [-0.15, -0.1) is 0 Å². The Morgan fingerprint density at radius 3 is 1.87 bits per heavy atom. The van der Waals surface area contributed by atoms with Crippen molar-refractivity contribution in [2.24, 2.45) is 23.7 Å². The maximum absolute atomic E-state index is 14.3. The van der Waals surface area contributed by atoms with Crippen LogP contribution >= 0.6 is 0 Å². The number of methoxy groups -OCH3 is 2. The molecule has 1 fully saturated rings. The largest absolute Gasteiger partial charge is 0.386 e. The summed E-state index contributed by atoms with van der Waals surface area (Å²) >= 11 is 0. The Labute approximate surface area is 368 Å². The highest BCUT2D eigenvalue weighted by Crippen LogP contribution is 2.31. The third-order valence-corrected chi connectivity index (χ3v) is 13.2. The van der Waals surface area contributed by atoms with Gasteiger partial charge >= 0.3 is 0 Å². The van der Waals surface area contributed by atoms with Gasteiger partial charge in [-0.1, -0.05) is 106 Å². The molecule has 1 heterocycles. The minimum Gasteiger partial charge on any atom is -0.386 e. The van der Waals surface area contributed by atoms with Crippen molar-refractivity contribution in [3.8, 4) is 0 Å². The van der Waals surface area contributed by atoms with Gasteiger partial charge in [0, 0.05) is 41.8 Å². The average molecular weight is 858 g/mol. The number of likely N-dealkylation sites (N-methyl/N-ethyl adjacent to an activating group) is 2. The van der Waals surface area contributed by atoms with Crippen LogP contribution in [-0.2, 0) is 33.4 Å². The third kappa shape index (κ3) is 14.2. The van der Waals surface area contributed by atoms with E-state index in [1.165, 1.54) is 17.4 Å². The molecule has 13 nitrogen and oxygen atoms in total. The van der Waals surface area contributed by atoms with Crippen LogP contribution in [0.15, 0.2) is 24.3 Å². The van der Waals surface area contributed by atoms with Gasteiger partial charge < -0.3 is 39.9 Å². The molecule has 3 N–H and O–H groups in total. The summed E-state index contributed by atoms with van der Waals surface area (Å²) < 4.78 is 12.0. The van der Waals surface area contributed by atoms with Gasteiger partial charge in [-0.2, -0.15) is 0 Å². The monoisotopic (exact) mass is 858 g/mol. The number of aliphatic hydroxyl groups excluding tert-OH is 1. The number of ether oxygens (including phenoxy) is 2. The molecule has 0 spiro atoms. The highest BCUT2D eigenvalue weighted by atomic mass is 16.5. The summed E-state index contributed by atoms with van der Waals surface area (Å²) in [5.41, 5.74) is 2.01. The van der Waals surface area contributed by atoms with E-state index in [0.29, 0.717) is 25.3 Å². The van der Waals surface area contributed by atoms with Crippen molar-refractivity contribution < 1.29 is 38.6 Å². The summed E-state index contributed by atoms with van der Waals surface area (Å²) in [6.07, 6.45) is 4.39. The van der Waals surface area contributed by atoms with Crippen LogP contribution in [0.25, 0.3) is 0 Å². The maximum Gasteiger partial charge on any atom is 0.245 e. The fraction of sp³-hybridized carbons (Fsp3) is 0.771. The lowest BCUT2D eigenvalue weighted by atomic mass is 9.89. The standard InChI is InChI=1S/C48H83N5O8/c1-16-20-35(21-17-2)36-23-25-37(26-24-36)44(56)33(10)49-46(57)32(9)45(61-15)38-22-19-27-53(38)40(55)28-39(60-14)43(31(8)18-3)52(13)48(59)41(29(4)5)50-47(58)42(30(6)7)51(12)34(11)54/h23-26,29-33,35,38-39,41-45,56H,16-22,27-28H2,1-15H3,(H,49,57)(H,50,58)/t31-,32+,33+,38-,39+,41-,42-,43?,44+,45+/m0/s1. The molecule has 1 aromatic carbocycles. The Bertz CT molecular complexity index is 1530. The minimum absolute atomic E-state index is 0.00613. The van der Waals surface area contributed by atoms with Crippen molar-refractivity contribution >= 4 is 29.5 Å². The van der Waals surface area contributed by atoms with Crippen molar-refractivity contribution in [3.63, 3.8) is 0 Å². The van der Waals surface area contributed by atoms with Crippen molar-refractivity contribution in [2.75, 3.05) is 34.9 Å². The van der Waals surface area contributed by atoms with E-state index in [9.17, 15) is 29.1 Å². The van der Waals surface area contributed by atoms with E-state index >= 15 is 0 Å². The molecule has 61 heavy (non-hydrogen) atoms. The molecule has 0 saturated carbocycles. The molecule has 13 heteroatoms. The number of carbonyl (C=O) groups is 5. The van der Waals surface area contributed by atoms with Crippen molar-refractivity contribution in [1.82, 2.24) is 25.3 Å². The fourth-order valence-electron chi connectivity index (χ4n) is 9.26. The van der Waals surface area contributed by atoms with Crippen LogP contribution in [-0.4, -0.2) is 127 Å². The second-order valence-electron chi connectivity index (χ2n) is 18.3. The molecule has 0 aromatic heterocycles. The van der Waals surface area contributed by atoms with E-state index in [-0.39, 0.29) is 53.8 Å². The van der Waals surface area contributed by atoms with Crippen LogP contribution in [0.5, 0.6) is 0 Å². The number of nitrogens with one attached hydrogen (secondary N) is 2. The number of aliphatic hydroxyl groups is 1. The molecular weight excluding hydrogens is 775 g/mol. The second kappa shape index (κ2) is 25.5. The number of carbonyl (C=O) groups excluding carboxylic acids is 5. The smallest absolute Gasteiger partial charge is 0.245 e. The number of nitrogens with zero attached hydrogens (tertiary/aromatic N) is 3. The number of likely N-dealkylation sites (tertiary alicyclic amines) is 1. The van der Waals surface area contributed by atoms with Crippen LogP contribution in [0.2, 0.25) is 0 Å². The molecule has 348 valence electrons. The number of amides is 5. The Balaban J connectivity index is 2.25. The molecule has 1 saturated heterocycles. The Morgan fingerprint density at radius 1 is 0.820 bits per heavy atom. The van der Waals surface area contributed by atoms with Crippen LogP contribution in [0.1, 0.15) is 151 Å². The Morgan fingerprint density at radius 2 is 1.39 bits per heavy atom. The zero-order valence-corrected chi connectivity index (χ0v) is 40.3. The summed E-state index contributed by atoms with van der Waals surface area (Å²) in [6, 6.07) is 5.02. The Kier molecular flexibility index (Phi) is 22.4. The molecule has 0 bridgehead atoms. The predicted octanol–water partition coefficient (Wildman–Crippen LogP) is 6.47. The molecular formula is C48H83N5O8. The summed E-state index contributed by atoms with van der Waals surface area (Å²) in [5.74, 6) is -2.05. The zero-order valence-electron chi connectivity index (χ0n) is 40.3. The highest BCUT2D eigenvalue weighted by Gasteiger charge is 2.43. The zero-order chi connectivity index (χ0) is 46.3. The lowest BCUT2D eigenvalue weighted by Gasteiger charge is -2.41. The van der Waals surface area contributed by atoms with Crippen LogP contribution in [0.4, 0.5) is 0 Å². The molecule has 0 radical (unpaired) electrons.